The molecule has 0 aliphatic rings. The van der Waals surface area contributed by atoms with E-state index in [1.165, 1.54) is 0 Å². The lowest BCUT2D eigenvalue weighted by Gasteiger charge is -2.02. The Morgan fingerprint density at radius 1 is 1.82 bits per heavy atom. The van der Waals surface area contributed by atoms with Crippen LogP contribution in [-0.4, -0.2) is 4.98 Å². The number of aromatic amines is 1. The van der Waals surface area contributed by atoms with Crippen LogP contribution in [0.4, 0.5) is 0 Å². The summed E-state index contributed by atoms with van der Waals surface area (Å²) in [5, 5.41) is 8.35. The van der Waals surface area contributed by atoms with Crippen LogP contribution >= 0.6 is 15.9 Å². The molecule has 58 valence electrons. The number of nitriles is 1. The minimum Gasteiger partial charge on any atom is -0.363 e. The van der Waals surface area contributed by atoms with Crippen molar-refractivity contribution in [3.05, 3.63) is 22.4 Å². The summed E-state index contributed by atoms with van der Waals surface area (Å²) in [6.07, 6.45) is 2.14. The summed E-state index contributed by atoms with van der Waals surface area (Å²) in [5.74, 6) is 0. The third-order valence-corrected chi connectivity index (χ3v) is 1.84. The van der Waals surface area contributed by atoms with E-state index in [2.05, 4.69) is 20.9 Å². The predicted molar refractivity (Wildman–Crippen MR) is 45.7 cm³/mol. The van der Waals surface area contributed by atoms with Gasteiger partial charge in [0, 0.05) is 16.4 Å². The summed E-state index contributed by atoms with van der Waals surface area (Å²) in [4.78, 5) is 2.97. The van der Waals surface area contributed by atoms with Crippen LogP contribution in [0.15, 0.2) is 16.7 Å². The van der Waals surface area contributed by atoms with Crippen LogP contribution in [0.25, 0.3) is 0 Å². The monoisotopic (exact) mass is 213 g/mol. The van der Waals surface area contributed by atoms with Crippen molar-refractivity contribution in [1.29, 1.82) is 5.26 Å². The van der Waals surface area contributed by atoms with Crippen LogP contribution in [0.3, 0.4) is 0 Å². The fourth-order valence-electron chi connectivity index (χ4n) is 0.807. The molecule has 1 aromatic rings. The maximum Gasteiger partial charge on any atom is 0.0642 e. The highest BCUT2D eigenvalue weighted by atomic mass is 79.9. The summed E-state index contributed by atoms with van der Waals surface area (Å²) in [6, 6.07) is 3.69. The molecule has 0 amide bonds. The van der Waals surface area contributed by atoms with Crippen molar-refractivity contribution in [3.63, 3.8) is 0 Å². The highest BCUT2D eigenvalue weighted by Crippen LogP contribution is 2.16. The zero-order chi connectivity index (χ0) is 8.27. The van der Waals surface area contributed by atoms with E-state index in [4.69, 9.17) is 11.0 Å². The fourth-order valence-corrected chi connectivity index (χ4v) is 1.17. The first-order valence-corrected chi connectivity index (χ1v) is 3.99. The number of hydrogen-bond donors (Lipinski definition) is 2. The first-order valence-electron chi connectivity index (χ1n) is 3.20. The largest absolute Gasteiger partial charge is 0.363 e. The van der Waals surface area contributed by atoms with Crippen LogP contribution in [0.2, 0.25) is 0 Å². The normalized spacial score (nSPS) is 12.5. The first kappa shape index (κ1) is 8.31. The highest BCUT2D eigenvalue weighted by Gasteiger charge is 2.06. The van der Waals surface area contributed by atoms with E-state index in [-0.39, 0.29) is 6.04 Å². The Kier molecular flexibility index (Phi) is 2.69. The Bertz CT molecular complexity index is 273. The molecule has 0 fully saturated rings. The van der Waals surface area contributed by atoms with Gasteiger partial charge in [0.25, 0.3) is 0 Å². The Balaban J connectivity index is 2.70. The minimum absolute atomic E-state index is 0.203. The molecule has 3 N–H and O–H groups in total. The van der Waals surface area contributed by atoms with Gasteiger partial charge in [0.15, 0.2) is 0 Å². The molecule has 1 heterocycles. The van der Waals surface area contributed by atoms with Crippen molar-refractivity contribution in [1.82, 2.24) is 4.98 Å². The van der Waals surface area contributed by atoms with Gasteiger partial charge in [-0.3, -0.25) is 0 Å². The second-order valence-electron chi connectivity index (χ2n) is 2.24. The average Bonchev–Trinajstić information content (AvgIpc) is 2.36. The van der Waals surface area contributed by atoms with Gasteiger partial charge in [-0.1, -0.05) is 0 Å². The molecule has 0 spiro atoms. The number of hydrogen-bond acceptors (Lipinski definition) is 2. The summed E-state index contributed by atoms with van der Waals surface area (Å²) < 4.78 is 0.959. The molecule has 1 aromatic heterocycles. The zero-order valence-electron chi connectivity index (χ0n) is 5.84. The molecular weight excluding hydrogens is 206 g/mol. The molecule has 3 nitrogen and oxygen atoms in total. The van der Waals surface area contributed by atoms with Gasteiger partial charge in [-0.05, 0) is 22.0 Å². The van der Waals surface area contributed by atoms with Gasteiger partial charge in [0.2, 0.25) is 0 Å². The Morgan fingerprint density at radius 2 is 2.55 bits per heavy atom. The van der Waals surface area contributed by atoms with Crippen molar-refractivity contribution >= 4 is 15.9 Å². The van der Waals surface area contributed by atoms with Crippen LogP contribution in [0.5, 0.6) is 0 Å². The van der Waals surface area contributed by atoms with Crippen LogP contribution in [0, 0.1) is 11.3 Å². The van der Waals surface area contributed by atoms with Gasteiger partial charge in [0.05, 0.1) is 18.5 Å². The van der Waals surface area contributed by atoms with E-state index >= 15 is 0 Å². The lowest BCUT2D eigenvalue weighted by Crippen LogP contribution is -2.09. The predicted octanol–water partition coefficient (Wildman–Crippen LogP) is 1.69. The molecule has 0 radical (unpaired) electrons. The van der Waals surface area contributed by atoms with Crippen molar-refractivity contribution in [3.8, 4) is 6.07 Å². The van der Waals surface area contributed by atoms with Gasteiger partial charge in [-0.2, -0.15) is 5.26 Å². The number of H-pyrrole nitrogens is 1. The molecule has 1 atom stereocenters. The molecule has 0 aliphatic heterocycles. The number of nitrogens with one attached hydrogen (secondary N) is 1. The van der Waals surface area contributed by atoms with Crippen molar-refractivity contribution in [2.75, 3.05) is 0 Å². The van der Waals surface area contributed by atoms with E-state index in [0.717, 1.165) is 10.2 Å². The van der Waals surface area contributed by atoms with Crippen LogP contribution in [0.1, 0.15) is 18.2 Å². The minimum atomic E-state index is -0.203. The van der Waals surface area contributed by atoms with E-state index in [1.54, 1.807) is 6.20 Å². The molecule has 0 saturated heterocycles. The van der Waals surface area contributed by atoms with Gasteiger partial charge in [-0.15, -0.1) is 0 Å². The number of rotatable bonds is 2. The maximum absolute atomic E-state index is 8.35. The second kappa shape index (κ2) is 3.56. The molecule has 0 unspecified atom stereocenters. The van der Waals surface area contributed by atoms with E-state index in [0.29, 0.717) is 6.42 Å². The molecule has 0 aromatic carbocycles. The van der Waals surface area contributed by atoms with Gasteiger partial charge < -0.3 is 10.7 Å². The van der Waals surface area contributed by atoms with Crippen LogP contribution in [-0.2, 0) is 0 Å². The lowest BCUT2D eigenvalue weighted by atomic mass is 10.2. The third kappa shape index (κ3) is 2.07. The summed E-state index contributed by atoms with van der Waals surface area (Å²) in [7, 11) is 0. The Hall–Kier alpha value is -0.790. The third-order valence-electron chi connectivity index (χ3n) is 1.38. The second-order valence-corrected chi connectivity index (χ2v) is 3.16. The molecule has 0 aliphatic carbocycles. The maximum atomic E-state index is 8.35. The Labute approximate surface area is 73.3 Å². The zero-order valence-corrected chi connectivity index (χ0v) is 7.43. The number of halogens is 1. The van der Waals surface area contributed by atoms with Gasteiger partial charge in [0.1, 0.15) is 0 Å². The highest BCUT2D eigenvalue weighted by molar-refractivity contribution is 9.10. The summed E-state index contributed by atoms with van der Waals surface area (Å²) in [5.41, 5.74) is 6.53. The topological polar surface area (TPSA) is 65.6 Å². The van der Waals surface area contributed by atoms with Crippen LogP contribution < -0.4 is 5.73 Å². The van der Waals surface area contributed by atoms with Crippen molar-refractivity contribution in [2.45, 2.75) is 12.5 Å². The SMILES string of the molecule is N#CC[C@@H](N)c1cc(Br)c[nH]1. The Morgan fingerprint density at radius 3 is 3.00 bits per heavy atom. The van der Waals surface area contributed by atoms with Gasteiger partial charge >= 0.3 is 0 Å². The summed E-state index contributed by atoms with van der Waals surface area (Å²) >= 11 is 3.28. The average molecular weight is 214 g/mol. The molecular formula is C7H8BrN3. The smallest absolute Gasteiger partial charge is 0.0642 e. The number of nitrogens with two attached hydrogens (primary N) is 1. The van der Waals surface area contributed by atoms with Crippen molar-refractivity contribution in [2.24, 2.45) is 5.73 Å². The molecule has 4 heteroatoms. The molecule has 0 bridgehead atoms. The fraction of sp³-hybridized carbons (Fsp3) is 0.286. The quantitative estimate of drug-likeness (QED) is 0.786. The standard InChI is InChI=1S/C7H8BrN3/c8-5-3-7(11-4-5)6(10)1-2-9/h3-4,6,11H,1,10H2/t6-/m1/s1. The summed E-state index contributed by atoms with van der Waals surface area (Å²) in [6.45, 7) is 0. The van der Waals surface area contributed by atoms with E-state index in [9.17, 15) is 0 Å². The first-order chi connectivity index (χ1) is 5.24. The number of nitrogens with zero attached hydrogens (tertiary/aromatic N) is 1. The molecule has 11 heavy (non-hydrogen) atoms. The van der Waals surface area contributed by atoms with Crippen molar-refractivity contribution < 1.29 is 0 Å². The number of aromatic nitrogens is 1. The molecule has 1 rings (SSSR count). The lowest BCUT2D eigenvalue weighted by molar-refractivity contribution is 0.726. The van der Waals surface area contributed by atoms with Gasteiger partial charge in [-0.25, -0.2) is 0 Å². The molecule has 0 saturated carbocycles. The van der Waals surface area contributed by atoms with E-state index < -0.39 is 0 Å². The van der Waals surface area contributed by atoms with E-state index in [1.807, 2.05) is 12.1 Å².